The minimum Gasteiger partial charge on any atom is -0.497 e. The van der Waals surface area contributed by atoms with Gasteiger partial charge in [-0.2, -0.15) is 0 Å². The lowest BCUT2D eigenvalue weighted by molar-refractivity contribution is -0.116. The average molecular weight is 435 g/mol. The van der Waals surface area contributed by atoms with Gasteiger partial charge in [-0.15, -0.1) is 0 Å². The second-order valence-corrected chi connectivity index (χ2v) is 7.32. The summed E-state index contributed by atoms with van der Waals surface area (Å²) in [6, 6.07) is 15.6. The van der Waals surface area contributed by atoms with Crippen molar-refractivity contribution >= 4 is 12.0 Å². The molecule has 0 fully saturated rings. The molecule has 0 radical (unpaired) electrons. The van der Waals surface area contributed by atoms with Gasteiger partial charge in [0, 0.05) is 18.8 Å². The molecular weight excluding hydrogens is 409 g/mol. The van der Waals surface area contributed by atoms with E-state index in [-0.39, 0.29) is 17.7 Å². The number of carbonyl (C=O) groups is 1. The number of rotatable bonds is 9. The number of benzene rings is 2. The smallest absolute Gasteiger partial charge is 0.244 e. The normalized spacial score (nSPS) is 12.0. The number of carbonyl (C=O) groups excluding carboxylic acids is 1. The van der Waals surface area contributed by atoms with Crippen LogP contribution >= 0.6 is 0 Å². The highest BCUT2D eigenvalue weighted by Gasteiger charge is 2.15. The summed E-state index contributed by atoms with van der Waals surface area (Å²) in [6.45, 7) is 0.412. The molecule has 7 heteroatoms. The largest absolute Gasteiger partial charge is 0.497 e. The zero-order valence-corrected chi connectivity index (χ0v) is 18.3. The van der Waals surface area contributed by atoms with Crippen LogP contribution in [0.15, 0.2) is 73.1 Å². The number of hydrogen-bond donors (Lipinski definition) is 1. The Hall–Kier alpha value is -3.71. The molecule has 0 spiro atoms. The van der Waals surface area contributed by atoms with Crippen molar-refractivity contribution in [1.29, 1.82) is 0 Å². The number of amides is 1. The van der Waals surface area contributed by atoms with Crippen LogP contribution in [0.3, 0.4) is 0 Å². The lowest BCUT2D eigenvalue weighted by Crippen LogP contribution is -2.33. The Morgan fingerprint density at radius 1 is 1.16 bits per heavy atom. The van der Waals surface area contributed by atoms with Crippen molar-refractivity contribution in [2.24, 2.45) is 0 Å². The first-order chi connectivity index (χ1) is 15.5. The Morgan fingerprint density at radius 2 is 1.97 bits per heavy atom. The fraction of sp³-hybridized carbons (Fsp3) is 0.200. The second-order valence-electron chi connectivity index (χ2n) is 7.32. The molecule has 0 saturated heterocycles. The van der Waals surface area contributed by atoms with Gasteiger partial charge in [-0.25, -0.2) is 4.39 Å². The molecule has 1 atom stereocenters. The van der Waals surface area contributed by atoms with E-state index in [1.165, 1.54) is 24.4 Å². The Bertz CT molecular complexity index is 1070. The number of nitrogens with zero attached hydrogens (tertiary/aromatic N) is 2. The molecule has 3 rings (SSSR count). The minimum absolute atomic E-state index is 0.0243. The first-order valence-corrected chi connectivity index (χ1v) is 10.1. The molecule has 1 heterocycles. The Labute approximate surface area is 187 Å². The number of likely N-dealkylation sites (N-methyl/N-ethyl adjacent to an activating group) is 1. The standard InChI is InChI=1S/C25H26FN3O3/c1-29(2)23(19-6-4-7-20(15-19)31-3)17-28-25(30)12-10-18-9-11-24(22(26)14-18)32-21-8-5-13-27-16-21/h4-16,23H,17H2,1-3H3,(H,28,30)/b12-10+. The monoisotopic (exact) mass is 435 g/mol. The van der Waals surface area contributed by atoms with Gasteiger partial charge in [0.15, 0.2) is 11.6 Å². The van der Waals surface area contributed by atoms with Crippen molar-refractivity contribution in [2.45, 2.75) is 6.04 Å². The van der Waals surface area contributed by atoms with Gasteiger partial charge in [0.05, 0.1) is 19.3 Å². The van der Waals surface area contributed by atoms with E-state index in [1.807, 2.05) is 43.3 Å². The van der Waals surface area contributed by atoms with Crippen LogP contribution in [0.5, 0.6) is 17.2 Å². The second kappa shape index (κ2) is 11.1. The summed E-state index contributed by atoms with van der Waals surface area (Å²) in [5, 5.41) is 2.90. The number of aromatic nitrogens is 1. The first-order valence-electron chi connectivity index (χ1n) is 10.1. The van der Waals surface area contributed by atoms with E-state index < -0.39 is 5.82 Å². The molecule has 1 amide bonds. The first kappa shape index (κ1) is 23.0. The molecule has 1 unspecified atom stereocenters. The maximum atomic E-state index is 14.4. The van der Waals surface area contributed by atoms with Crippen LogP contribution in [-0.2, 0) is 4.79 Å². The number of ether oxygens (including phenoxy) is 2. The van der Waals surface area contributed by atoms with Crippen LogP contribution in [0.4, 0.5) is 4.39 Å². The summed E-state index contributed by atoms with van der Waals surface area (Å²) in [6.07, 6.45) is 6.06. The van der Waals surface area contributed by atoms with Gasteiger partial charge in [0.1, 0.15) is 11.5 Å². The molecule has 3 aromatic rings. The van der Waals surface area contributed by atoms with Crippen LogP contribution in [0, 0.1) is 5.82 Å². The number of methoxy groups -OCH3 is 1. The minimum atomic E-state index is -0.526. The van der Waals surface area contributed by atoms with E-state index in [9.17, 15) is 9.18 Å². The fourth-order valence-electron chi connectivity index (χ4n) is 3.11. The van der Waals surface area contributed by atoms with E-state index >= 15 is 0 Å². The molecule has 166 valence electrons. The van der Waals surface area contributed by atoms with Gasteiger partial charge in [-0.1, -0.05) is 18.2 Å². The van der Waals surface area contributed by atoms with Crippen LogP contribution in [0.25, 0.3) is 6.08 Å². The molecule has 1 N–H and O–H groups in total. The Balaban J connectivity index is 1.60. The molecule has 6 nitrogen and oxygen atoms in total. The summed E-state index contributed by atoms with van der Waals surface area (Å²) >= 11 is 0. The van der Waals surface area contributed by atoms with Gasteiger partial charge < -0.3 is 19.7 Å². The van der Waals surface area contributed by atoms with E-state index in [1.54, 1.807) is 37.6 Å². The van der Waals surface area contributed by atoms with Gasteiger partial charge >= 0.3 is 0 Å². The topological polar surface area (TPSA) is 63.7 Å². The third-order valence-corrected chi connectivity index (χ3v) is 4.82. The van der Waals surface area contributed by atoms with Crippen molar-refractivity contribution in [1.82, 2.24) is 15.2 Å². The van der Waals surface area contributed by atoms with Crippen LogP contribution in [0.2, 0.25) is 0 Å². The van der Waals surface area contributed by atoms with Crippen molar-refractivity contribution in [3.05, 3.63) is 90.0 Å². The molecular formula is C25H26FN3O3. The Kier molecular flexibility index (Phi) is 7.94. The predicted molar refractivity (Wildman–Crippen MR) is 122 cm³/mol. The summed E-state index contributed by atoms with van der Waals surface area (Å²) in [7, 11) is 5.52. The highest BCUT2D eigenvalue weighted by molar-refractivity contribution is 5.91. The van der Waals surface area contributed by atoms with E-state index in [0.717, 1.165) is 11.3 Å². The maximum absolute atomic E-state index is 14.4. The van der Waals surface area contributed by atoms with Crippen molar-refractivity contribution < 1.29 is 18.7 Å². The average Bonchev–Trinajstić information content (AvgIpc) is 2.80. The van der Waals surface area contributed by atoms with E-state index in [4.69, 9.17) is 9.47 Å². The van der Waals surface area contributed by atoms with Gasteiger partial charge in [0.25, 0.3) is 0 Å². The molecule has 1 aromatic heterocycles. The molecule has 32 heavy (non-hydrogen) atoms. The zero-order valence-electron chi connectivity index (χ0n) is 18.3. The van der Waals surface area contributed by atoms with Gasteiger partial charge in [-0.05, 0) is 67.7 Å². The molecule has 0 saturated carbocycles. The zero-order chi connectivity index (χ0) is 22.9. The summed E-state index contributed by atoms with van der Waals surface area (Å²) < 4.78 is 25.1. The van der Waals surface area contributed by atoms with E-state index in [0.29, 0.717) is 17.9 Å². The number of pyridine rings is 1. The molecule has 2 aromatic carbocycles. The molecule has 0 aliphatic heterocycles. The summed E-state index contributed by atoms with van der Waals surface area (Å²) in [5.74, 6) is 0.503. The SMILES string of the molecule is COc1cccc(C(CNC(=O)/C=C/c2ccc(Oc3cccnc3)c(F)c2)N(C)C)c1. The molecule has 0 aliphatic carbocycles. The summed E-state index contributed by atoms with van der Waals surface area (Å²) in [4.78, 5) is 18.3. The van der Waals surface area contributed by atoms with E-state index in [2.05, 4.69) is 10.3 Å². The molecule has 0 aliphatic rings. The fourth-order valence-corrected chi connectivity index (χ4v) is 3.11. The van der Waals surface area contributed by atoms with Crippen molar-refractivity contribution in [3.63, 3.8) is 0 Å². The number of halogens is 1. The lowest BCUT2D eigenvalue weighted by Gasteiger charge is -2.25. The third kappa shape index (κ3) is 6.39. The van der Waals surface area contributed by atoms with Crippen LogP contribution in [-0.4, -0.2) is 43.5 Å². The van der Waals surface area contributed by atoms with Crippen molar-refractivity contribution in [2.75, 3.05) is 27.7 Å². The number of hydrogen-bond acceptors (Lipinski definition) is 5. The Morgan fingerprint density at radius 3 is 2.66 bits per heavy atom. The third-order valence-electron chi connectivity index (χ3n) is 4.82. The highest BCUT2D eigenvalue weighted by Crippen LogP contribution is 2.25. The van der Waals surface area contributed by atoms with Crippen LogP contribution in [0.1, 0.15) is 17.2 Å². The maximum Gasteiger partial charge on any atom is 0.244 e. The van der Waals surface area contributed by atoms with Gasteiger partial charge in [0.2, 0.25) is 5.91 Å². The lowest BCUT2D eigenvalue weighted by atomic mass is 10.1. The predicted octanol–water partition coefficient (Wildman–Crippen LogP) is 4.45. The molecule has 0 bridgehead atoms. The number of nitrogens with one attached hydrogen (secondary N) is 1. The highest BCUT2D eigenvalue weighted by atomic mass is 19.1. The quantitative estimate of drug-likeness (QED) is 0.503. The summed E-state index contributed by atoms with van der Waals surface area (Å²) in [5.41, 5.74) is 1.58. The van der Waals surface area contributed by atoms with Gasteiger partial charge in [-0.3, -0.25) is 9.78 Å². The van der Waals surface area contributed by atoms with Crippen LogP contribution < -0.4 is 14.8 Å². The van der Waals surface area contributed by atoms with Crippen molar-refractivity contribution in [3.8, 4) is 17.2 Å².